The summed E-state index contributed by atoms with van der Waals surface area (Å²) in [6.07, 6.45) is 6.04. The van der Waals surface area contributed by atoms with Crippen molar-refractivity contribution < 1.29 is 28.6 Å². The first-order valence-corrected chi connectivity index (χ1v) is 11.5. The van der Waals surface area contributed by atoms with E-state index in [1.165, 1.54) is 17.7 Å². The van der Waals surface area contributed by atoms with Gasteiger partial charge in [-0.3, -0.25) is 14.4 Å². The van der Waals surface area contributed by atoms with Crippen molar-refractivity contribution in [2.45, 2.75) is 51.6 Å². The smallest absolute Gasteiger partial charge is 0.310 e. The van der Waals surface area contributed by atoms with Crippen LogP contribution in [0, 0.1) is 5.92 Å². The second-order valence-corrected chi connectivity index (χ2v) is 8.48. The Balaban J connectivity index is 1.59. The van der Waals surface area contributed by atoms with Crippen molar-refractivity contribution >= 4 is 17.8 Å². The van der Waals surface area contributed by atoms with Crippen LogP contribution < -0.4 is 9.47 Å². The zero-order valence-corrected chi connectivity index (χ0v) is 19.3. The molecule has 32 heavy (non-hydrogen) atoms. The second kappa shape index (κ2) is 11.2. The summed E-state index contributed by atoms with van der Waals surface area (Å²) in [4.78, 5) is 40.8. The van der Waals surface area contributed by atoms with Crippen molar-refractivity contribution in [2.24, 2.45) is 5.92 Å². The topological polar surface area (TPSA) is 85.4 Å². The van der Waals surface area contributed by atoms with E-state index in [4.69, 9.17) is 14.2 Å². The highest BCUT2D eigenvalue weighted by Gasteiger charge is 2.30. The zero-order chi connectivity index (χ0) is 23.1. The summed E-state index contributed by atoms with van der Waals surface area (Å²) in [6, 6.07) is 5.12. The summed E-state index contributed by atoms with van der Waals surface area (Å²) >= 11 is 0. The van der Waals surface area contributed by atoms with Gasteiger partial charge in [-0.2, -0.15) is 0 Å². The number of carbonyl (C=O) groups excluding carboxylic acids is 3. The number of ether oxygens (including phenoxy) is 3. The van der Waals surface area contributed by atoms with Gasteiger partial charge >= 0.3 is 5.97 Å². The lowest BCUT2D eigenvalue weighted by Gasteiger charge is -2.32. The molecule has 3 rings (SSSR count). The highest BCUT2D eigenvalue weighted by atomic mass is 16.5. The molecule has 2 amide bonds. The molecule has 1 aromatic rings. The van der Waals surface area contributed by atoms with Crippen LogP contribution in [0.1, 0.15) is 55.8 Å². The van der Waals surface area contributed by atoms with Gasteiger partial charge < -0.3 is 24.0 Å². The first-order chi connectivity index (χ1) is 15.4. The van der Waals surface area contributed by atoms with E-state index in [0.717, 1.165) is 19.3 Å². The van der Waals surface area contributed by atoms with E-state index >= 15 is 0 Å². The Labute approximate surface area is 189 Å². The fraction of sp³-hybridized carbons (Fsp3) is 0.625. The van der Waals surface area contributed by atoms with Crippen LogP contribution in [0.3, 0.4) is 0 Å². The maximum Gasteiger partial charge on any atom is 0.310 e. The standard InChI is InChI=1S/C24H34N2O6/c1-4-31-24(29)18-8-7-13-26(15-18)22(27)16-25(2)23(28)17-11-12-20(21(14-17)30-3)32-19-9-5-6-10-19/h11-12,14,18-19H,4-10,13,15-16H2,1-3H3. The van der Waals surface area contributed by atoms with E-state index in [1.807, 2.05) is 0 Å². The molecule has 8 heteroatoms. The van der Waals surface area contributed by atoms with Gasteiger partial charge in [0, 0.05) is 25.7 Å². The summed E-state index contributed by atoms with van der Waals surface area (Å²) in [7, 11) is 3.15. The van der Waals surface area contributed by atoms with Gasteiger partial charge in [-0.05, 0) is 63.6 Å². The molecule has 1 aromatic carbocycles. The van der Waals surface area contributed by atoms with Gasteiger partial charge in [-0.25, -0.2) is 0 Å². The van der Waals surface area contributed by atoms with Crippen LogP contribution in [-0.4, -0.2) is 74.1 Å². The largest absolute Gasteiger partial charge is 0.493 e. The van der Waals surface area contributed by atoms with Crippen LogP contribution >= 0.6 is 0 Å². The van der Waals surface area contributed by atoms with Crippen molar-refractivity contribution in [1.29, 1.82) is 0 Å². The summed E-state index contributed by atoms with van der Waals surface area (Å²) < 4.78 is 16.6. The monoisotopic (exact) mass is 446 g/mol. The third-order valence-corrected chi connectivity index (χ3v) is 6.12. The number of esters is 1. The van der Waals surface area contributed by atoms with Crippen LogP contribution in [0.25, 0.3) is 0 Å². The molecule has 1 aliphatic carbocycles. The molecule has 0 bridgehead atoms. The SMILES string of the molecule is CCOC(=O)C1CCCN(C(=O)CN(C)C(=O)c2ccc(OC3CCCC3)c(OC)c2)C1. The summed E-state index contributed by atoms with van der Waals surface area (Å²) in [5, 5.41) is 0. The van der Waals surface area contributed by atoms with Crippen LogP contribution in [0.4, 0.5) is 0 Å². The molecule has 0 spiro atoms. The lowest BCUT2D eigenvalue weighted by Crippen LogP contribution is -2.47. The minimum absolute atomic E-state index is 0.0585. The van der Waals surface area contributed by atoms with Crippen molar-refractivity contribution in [3.05, 3.63) is 23.8 Å². The summed E-state index contributed by atoms with van der Waals surface area (Å²) in [6.45, 7) is 2.95. The quantitative estimate of drug-likeness (QED) is 0.571. The molecule has 0 N–H and O–H groups in total. The van der Waals surface area contributed by atoms with Crippen molar-refractivity contribution in [3.8, 4) is 11.5 Å². The number of hydrogen-bond donors (Lipinski definition) is 0. The lowest BCUT2D eigenvalue weighted by molar-refractivity contribution is -0.151. The molecule has 0 radical (unpaired) electrons. The Kier molecular flexibility index (Phi) is 8.36. The number of amides is 2. The van der Waals surface area contributed by atoms with Gasteiger partial charge in [0.05, 0.1) is 32.3 Å². The molecule has 2 aliphatic rings. The predicted octanol–water partition coefficient (Wildman–Crippen LogP) is 2.89. The fourth-order valence-electron chi connectivity index (χ4n) is 4.33. The molecular weight excluding hydrogens is 412 g/mol. The minimum Gasteiger partial charge on any atom is -0.493 e. The van der Waals surface area contributed by atoms with Gasteiger partial charge in [-0.15, -0.1) is 0 Å². The summed E-state index contributed by atoms with van der Waals surface area (Å²) in [5.41, 5.74) is 0.430. The number of methoxy groups -OCH3 is 1. The Morgan fingerprint density at radius 2 is 1.84 bits per heavy atom. The van der Waals surface area contributed by atoms with Crippen LogP contribution in [0.15, 0.2) is 18.2 Å². The number of carbonyl (C=O) groups is 3. The molecule has 1 atom stereocenters. The molecule has 1 heterocycles. The zero-order valence-electron chi connectivity index (χ0n) is 19.3. The molecule has 2 fully saturated rings. The first kappa shape index (κ1) is 23.9. The van der Waals surface area contributed by atoms with Gasteiger partial charge in [0.2, 0.25) is 5.91 Å². The van der Waals surface area contributed by atoms with Crippen molar-refractivity contribution in [3.63, 3.8) is 0 Å². The average Bonchev–Trinajstić information content (AvgIpc) is 3.32. The van der Waals surface area contributed by atoms with Gasteiger partial charge in [0.15, 0.2) is 11.5 Å². The Morgan fingerprint density at radius 1 is 1.09 bits per heavy atom. The van der Waals surface area contributed by atoms with Crippen molar-refractivity contribution in [2.75, 3.05) is 40.4 Å². The lowest BCUT2D eigenvalue weighted by atomic mass is 9.98. The van der Waals surface area contributed by atoms with Crippen LogP contribution in [0.2, 0.25) is 0 Å². The molecule has 0 aromatic heterocycles. The number of hydrogen-bond acceptors (Lipinski definition) is 6. The minimum atomic E-state index is -0.301. The van der Waals surface area contributed by atoms with E-state index in [9.17, 15) is 14.4 Å². The Hall–Kier alpha value is -2.77. The van der Waals surface area contributed by atoms with E-state index in [1.54, 1.807) is 44.2 Å². The normalized spacial score (nSPS) is 18.8. The molecule has 1 saturated carbocycles. The Morgan fingerprint density at radius 3 is 2.53 bits per heavy atom. The van der Waals surface area contributed by atoms with E-state index in [0.29, 0.717) is 43.2 Å². The van der Waals surface area contributed by atoms with E-state index < -0.39 is 0 Å². The molecular formula is C24H34N2O6. The third-order valence-electron chi connectivity index (χ3n) is 6.12. The highest BCUT2D eigenvalue weighted by Crippen LogP contribution is 2.32. The fourth-order valence-corrected chi connectivity index (χ4v) is 4.33. The summed E-state index contributed by atoms with van der Waals surface area (Å²) in [5.74, 6) is 0.126. The molecule has 176 valence electrons. The van der Waals surface area contributed by atoms with Gasteiger partial charge in [-0.1, -0.05) is 0 Å². The predicted molar refractivity (Wildman–Crippen MR) is 119 cm³/mol. The molecule has 1 aliphatic heterocycles. The van der Waals surface area contributed by atoms with Gasteiger partial charge in [0.25, 0.3) is 5.91 Å². The maximum atomic E-state index is 12.9. The third kappa shape index (κ3) is 5.93. The number of likely N-dealkylation sites (tertiary alicyclic amines) is 1. The number of likely N-dealkylation sites (N-methyl/N-ethyl adjacent to an activating group) is 1. The number of rotatable bonds is 8. The Bertz CT molecular complexity index is 821. The first-order valence-electron chi connectivity index (χ1n) is 11.5. The van der Waals surface area contributed by atoms with Crippen LogP contribution in [0.5, 0.6) is 11.5 Å². The number of piperidine rings is 1. The van der Waals surface area contributed by atoms with Crippen LogP contribution in [-0.2, 0) is 14.3 Å². The number of benzene rings is 1. The highest BCUT2D eigenvalue weighted by molar-refractivity contribution is 5.97. The van der Waals surface area contributed by atoms with E-state index in [-0.39, 0.29) is 36.4 Å². The molecule has 1 saturated heterocycles. The maximum absolute atomic E-state index is 12.9. The van der Waals surface area contributed by atoms with Crippen molar-refractivity contribution in [1.82, 2.24) is 9.80 Å². The molecule has 1 unspecified atom stereocenters. The molecule has 8 nitrogen and oxygen atoms in total. The van der Waals surface area contributed by atoms with E-state index in [2.05, 4.69) is 0 Å². The average molecular weight is 447 g/mol. The second-order valence-electron chi connectivity index (χ2n) is 8.48. The van der Waals surface area contributed by atoms with Gasteiger partial charge in [0.1, 0.15) is 0 Å². The number of nitrogens with zero attached hydrogens (tertiary/aromatic N) is 2.